The van der Waals surface area contributed by atoms with Crippen LogP contribution in [-0.2, 0) is 10.0 Å². The predicted octanol–water partition coefficient (Wildman–Crippen LogP) is 4.66. The highest BCUT2D eigenvalue weighted by Crippen LogP contribution is 2.23. The molecule has 2 N–H and O–H groups in total. The Balaban J connectivity index is 1.85. The van der Waals surface area contributed by atoms with E-state index in [-0.39, 0.29) is 16.4 Å². The van der Waals surface area contributed by atoms with Crippen LogP contribution in [0.15, 0.2) is 71.6 Å². The van der Waals surface area contributed by atoms with Crippen molar-refractivity contribution >= 4 is 27.3 Å². The number of sulfonamides is 1. The van der Waals surface area contributed by atoms with Crippen molar-refractivity contribution in [1.82, 2.24) is 0 Å². The van der Waals surface area contributed by atoms with Crippen molar-refractivity contribution in [3.05, 3.63) is 89.0 Å². The molecule has 0 bridgehead atoms. The number of carbonyl (C=O) groups is 1. The molecule has 6 heteroatoms. The molecule has 3 rings (SSSR count). The minimum atomic E-state index is -3.82. The van der Waals surface area contributed by atoms with Crippen LogP contribution in [0.25, 0.3) is 0 Å². The van der Waals surface area contributed by atoms with E-state index in [9.17, 15) is 13.2 Å². The largest absolute Gasteiger partial charge is 0.322 e. The van der Waals surface area contributed by atoms with Gasteiger partial charge in [0.1, 0.15) is 0 Å². The van der Waals surface area contributed by atoms with Crippen molar-refractivity contribution in [3.8, 4) is 0 Å². The van der Waals surface area contributed by atoms with E-state index in [0.717, 1.165) is 16.7 Å². The first-order valence-corrected chi connectivity index (χ1v) is 10.3. The summed E-state index contributed by atoms with van der Waals surface area (Å²) in [6.45, 7) is 5.71. The molecular weight excluding hydrogens is 372 g/mol. The second-order valence-electron chi connectivity index (χ2n) is 6.70. The summed E-state index contributed by atoms with van der Waals surface area (Å²) in [4.78, 5) is 12.6. The van der Waals surface area contributed by atoms with Gasteiger partial charge in [0.15, 0.2) is 0 Å². The Morgan fingerprint density at radius 2 is 1.57 bits per heavy atom. The quantitative estimate of drug-likeness (QED) is 0.661. The number of anilines is 2. The highest BCUT2D eigenvalue weighted by atomic mass is 32.2. The van der Waals surface area contributed by atoms with Crippen LogP contribution in [0.1, 0.15) is 27.0 Å². The molecule has 3 aromatic rings. The first-order chi connectivity index (χ1) is 13.3. The Morgan fingerprint density at radius 1 is 0.857 bits per heavy atom. The summed E-state index contributed by atoms with van der Waals surface area (Å²) in [6.07, 6.45) is 0. The SMILES string of the molecule is Cc1cccc(NC(=O)c2cccc(S(=O)(=O)Nc3cccc(C)c3C)c2)c1. The van der Waals surface area contributed by atoms with Gasteiger partial charge in [-0.25, -0.2) is 8.42 Å². The molecule has 0 aliphatic carbocycles. The predicted molar refractivity (Wildman–Crippen MR) is 112 cm³/mol. The maximum Gasteiger partial charge on any atom is 0.261 e. The molecule has 5 nitrogen and oxygen atoms in total. The fraction of sp³-hybridized carbons (Fsp3) is 0.136. The molecule has 28 heavy (non-hydrogen) atoms. The fourth-order valence-corrected chi connectivity index (χ4v) is 3.96. The molecule has 144 valence electrons. The van der Waals surface area contributed by atoms with Gasteiger partial charge in [0.25, 0.3) is 15.9 Å². The molecule has 0 aromatic heterocycles. The van der Waals surface area contributed by atoms with Crippen LogP contribution in [0.4, 0.5) is 11.4 Å². The molecule has 0 spiro atoms. The minimum Gasteiger partial charge on any atom is -0.322 e. The van der Waals surface area contributed by atoms with Crippen molar-refractivity contribution < 1.29 is 13.2 Å². The Bertz CT molecular complexity index is 1140. The van der Waals surface area contributed by atoms with E-state index in [2.05, 4.69) is 10.0 Å². The summed E-state index contributed by atoms with van der Waals surface area (Å²) < 4.78 is 28.2. The highest BCUT2D eigenvalue weighted by Gasteiger charge is 2.18. The van der Waals surface area contributed by atoms with Crippen LogP contribution in [0, 0.1) is 20.8 Å². The maximum atomic E-state index is 12.8. The zero-order valence-corrected chi connectivity index (χ0v) is 16.8. The highest BCUT2D eigenvalue weighted by molar-refractivity contribution is 7.92. The lowest BCUT2D eigenvalue weighted by atomic mass is 10.1. The minimum absolute atomic E-state index is 0.0327. The van der Waals surface area contributed by atoms with Gasteiger partial charge in [-0.05, 0) is 73.9 Å². The molecule has 0 saturated heterocycles. The lowest BCUT2D eigenvalue weighted by Crippen LogP contribution is -2.16. The number of hydrogen-bond donors (Lipinski definition) is 2. The fourth-order valence-electron chi connectivity index (χ4n) is 2.80. The van der Waals surface area contributed by atoms with Crippen molar-refractivity contribution in [2.75, 3.05) is 10.0 Å². The summed E-state index contributed by atoms with van der Waals surface area (Å²) in [7, 11) is -3.82. The van der Waals surface area contributed by atoms with E-state index in [0.29, 0.717) is 11.4 Å². The normalized spacial score (nSPS) is 11.1. The maximum absolute atomic E-state index is 12.8. The number of amides is 1. The van der Waals surface area contributed by atoms with Crippen LogP contribution in [-0.4, -0.2) is 14.3 Å². The molecule has 1 amide bonds. The summed E-state index contributed by atoms with van der Waals surface area (Å²) in [5.41, 5.74) is 4.32. The van der Waals surface area contributed by atoms with Crippen LogP contribution in [0.5, 0.6) is 0 Å². The molecule has 0 heterocycles. The Labute approximate surface area is 165 Å². The van der Waals surface area contributed by atoms with Crippen molar-refractivity contribution in [2.24, 2.45) is 0 Å². The van der Waals surface area contributed by atoms with Crippen LogP contribution in [0.3, 0.4) is 0 Å². The monoisotopic (exact) mass is 394 g/mol. The molecular formula is C22H22N2O3S. The molecule has 0 unspecified atom stereocenters. The van der Waals surface area contributed by atoms with Crippen LogP contribution < -0.4 is 10.0 Å². The van der Waals surface area contributed by atoms with E-state index >= 15 is 0 Å². The number of benzene rings is 3. The third-order valence-electron chi connectivity index (χ3n) is 4.53. The first kappa shape index (κ1) is 19.6. The van der Waals surface area contributed by atoms with Crippen molar-refractivity contribution in [1.29, 1.82) is 0 Å². The van der Waals surface area contributed by atoms with Gasteiger partial charge in [0.2, 0.25) is 0 Å². The third-order valence-corrected chi connectivity index (χ3v) is 5.89. The first-order valence-electron chi connectivity index (χ1n) is 8.83. The van der Waals surface area contributed by atoms with Gasteiger partial charge in [0.05, 0.1) is 10.6 Å². The molecule has 0 atom stereocenters. The van der Waals surface area contributed by atoms with Gasteiger partial charge >= 0.3 is 0 Å². The molecule has 0 saturated carbocycles. The van der Waals surface area contributed by atoms with E-state index < -0.39 is 10.0 Å². The lowest BCUT2D eigenvalue weighted by Gasteiger charge is -2.13. The Morgan fingerprint density at radius 3 is 2.32 bits per heavy atom. The second-order valence-corrected chi connectivity index (χ2v) is 8.39. The lowest BCUT2D eigenvalue weighted by molar-refractivity contribution is 0.102. The molecule has 0 aliphatic rings. The van der Waals surface area contributed by atoms with Gasteiger partial charge < -0.3 is 5.32 Å². The standard InChI is InChI=1S/C22H22N2O3S/c1-15-7-4-10-19(13-15)23-22(25)18-9-6-11-20(14-18)28(26,27)24-21-12-5-8-16(2)17(21)3/h4-14,24H,1-3H3,(H,23,25). The number of hydrogen-bond acceptors (Lipinski definition) is 3. The smallest absolute Gasteiger partial charge is 0.261 e. The van der Waals surface area contributed by atoms with Gasteiger partial charge in [-0.2, -0.15) is 0 Å². The second kappa shape index (κ2) is 7.86. The van der Waals surface area contributed by atoms with Gasteiger partial charge in [-0.15, -0.1) is 0 Å². The van der Waals surface area contributed by atoms with Crippen LogP contribution in [0.2, 0.25) is 0 Å². The van der Waals surface area contributed by atoms with Gasteiger partial charge in [0, 0.05) is 11.3 Å². The topological polar surface area (TPSA) is 75.3 Å². The Hall–Kier alpha value is -3.12. The number of aryl methyl sites for hydroxylation is 2. The van der Waals surface area contributed by atoms with Gasteiger partial charge in [-0.1, -0.05) is 30.3 Å². The summed E-state index contributed by atoms with van der Waals surface area (Å²) in [5.74, 6) is -0.366. The average molecular weight is 394 g/mol. The van der Waals surface area contributed by atoms with E-state index in [1.54, 1.807) is 30.3 Å². The average Bonchev–Trinajstić information content (AvgIpc) is 2.65. The number of rotatable bonds is 5. The van der Waals surface area contributed by atoms with E-state index in [1.165, 1.54) is 12.1 Å². The molecule has 0 aliphatic heterocycles. The summed E-state index contributed by atoms with van der Waals surface area (Å²) >= 11 is 0. The number of nitrogens with one attached hydrogen (secondary N) is 2. The number of carbonyl (C=O) groups excluding carboxylic acids is 1. The van der Waals surface area contributed by atoms with Gasteiger partial charge in [-0.3, -0.25) is 9.52 Å². The van der Waals surface area contributed by atoms with E-state index in [4.69, 9.17) is 0 Å². The third kappa shape index (κ3) is 4.40. The molecule has 3 aromatic carbocycles. The zero-order valence-electron chi connectivity index (χ0n) is 16.0. The Kier molecular flexibility index (Phi) is 5.51. The van der Waals surface area contributed by atoms with Crippen molar-refractivity contribution in [3.63, 3.8) is 0 Å². The molecule has 0 radical (unpaired) electrons. The van der Waals surface area contributed by atoms with Crippen molar-refractivity contribution in [2.45, 2.75) is 25.7 Å². The zero-order chi connectivity index (χ0) is 20.3. The van der Waals surface area contributed by atoms with Crippen LogP contribution >= 0.6 is 0 Å². The molecule has 0 fully saturated rings. The summed E-state index contributed by atoms with van der Waals surface area (Å²) in [6, 6.07) is 18.8. The summed E-state index contributed by atoms with van der Waals surface area (Å²) in [5, 5.41) is 2.79. The van der Waals surface area contributed by atoms with E-state index in [1.807, 2.05) is 45.0 Å².